The van der Waals surface area contributed by atoms with Gasteiger partial charge in [-0.1, -0.05) is 28.9 Å². The molecule has 0 unspecified atom stereocenters. The van der Waals surface area contributed by atoms with E-state index in [0.29, 0.717) is 60.8 Å². The highest BCUT2D eigenvalue weighted by molar-refractivity contribution is 6.33. The van der Waals surface area contributed by atoms with E-state index in [0.717, 1.165) is 6.41 Å². The van der Waals surface area contributed by atoms with E-state index in [1.165, 1.54) is 0 Å². The van der Waals surface area contributed by atoms with Crippen molar-refractivity contribution in [2.75, 3.05) is 33.4 Å². The van der Waals surface area contributed by atoms with Crippen molar-refractivity contribution >= 4 is 18.0 Å². The molecule has 0 spiro atoms. The molecule has 0 radical (unpaired) electrons. The molecule has 198 valence electrons. The van der Waals surface area contributed by atoms with Gasteiger partial charge < -0.3 is 34.8 Å². The normalized spacial score (nSPS) is 28.3. The van der Waals surface area contributed by atoms with Crippen molar-refractivity contribution in [1.82, 2.24) is 15.0 Å². The number of rotatable bonds is 10. The largest absolute Gasteiger partial charge is 0.392 e. The number of benzene rings is 1. The fourth-order valence-electron chi connectivity index (χ4n) is 5.81. The molecule has 1 amide bonds. The lowest BCUT2D eigenvalue weighted by molar-refractivity contribution is -0.246. The van der Waals surface area contributed by atoms with E-state index in [9.17, 15) is 15.0 Å². The molecule has 36 heavy (non-hydrogen) atoms. The van der Waals surface area contributed by atoms with Crippen LogP contribution in [0.15, 0.2) is 22.7 Å². The predicted octanol–water partition coefficient (Wildman–Crippen LogP) is 2.03. The lowest BCUT2D eigenvalue weighted by atomic mass is 9.65. The smallest absolute Gasteiger partial charge is 0.259 e. The van der Waals surface area contributed by atoms with E-state index in [1.54, 1.807) is 37.1 Å². The SMILES string of the molecule is COCCCC[C@@](O)(c1cccc(Cl)c1-c1nc(C)no1)[C@@]1([C@H]2C[C@@H](N)[C@@H](O)C2)CN(C=O)CCO1. The van der Waals surface area contributed by atoms with Crippen LogP contribution in [0.1, 0.15) is 43.5 Å². The summed E-state index contributed by atoms with van der Waals surface area (Å²) < 4.78 is 17.3. The van der Waals surface area contributed by atoms with Gasteiger partial charge in [0, 0.05) is 31.9 Å². The topological polar surface area (TPSA) is 144 Å². The van der Waals surface area contributed by atoms with E-state index >= 15 is 0 Å². The van der Waals surface area contributed by atoms with Crippen LogP contribution in [0.25, 0.3) is 11.5 Å². The van der Waals surface area contributed by atoms with Gasteiger partial charge in [0.2, 0.25) is 6.41 Å². The molecule has 4 N–H and O–H groups in total. The van der Waals surface area contributed by atoms with E-state index in [-0.39, 0.29) is 31.4 Å². The predicted molar refractivity (Wildman–Crippen MR) is 132 cm³/mol. The van der Waals surface area contributed by atoms with E-state index in [2.05, 4.69) is 10.1 Å². The Morgan fingerprint density at radius 1 is 1.39 bits per heavy atom. The van der Waals surface area contributed by atoms with Crippen LogP contribution >= 0.6 is 11.6 Å². The number of nitrogens with zero attached hydrogens (tertiary/aromatic N) is 3. The highest BCUT2D eigenvalue weighted by atomic mass is 35.5. The average Bonchev–Trinajstić information content (AvgIpc) is 3.46. The monoisotopic (exact) mass is 522 g/mol. The first-order chi connectivity index (χ1) is 17.3. The number of morpholine rings is 1. The number of unbranched alkanes of at least 4 members (excludes halogenated alkanes) is 1. The lowest BCUT2D eigenvalue weighted by Gasteiger charge is -2.55. The number of carbonyl (C=O) groups excluding carboxylic acids is 1. The summed E-state index contributed by atoms with van der Waals surface area (Å²) in [6.07, 6.45) is 2.39. The zero-order valence-electron chi connectivity index (χ0n) is 20.7. The molecule has 11 heteroatoms. The molecule has 0 bridgehead atoms. The second-order valence-electron chi connectivity index (χ2n) is 9.83. The van der Waals surface area contributed by atoms with Crippen LogP contribution in [0.4, 0.5) is 0 Å². The van der Waals surface area contributed by atoms with Gasteiger partial charge in [-0.3, -0.25) is 4.79 Å². The first kappa shape index (κ1) is 27.0. The number of aliphatic hydroxyl groups excluding tert-OH is 1. The minimum absolute atomic E-state index is 0.135. The molecule has 2 aliphatic rings. The van der Waals surface area contributed by atoms with E-state index in [4.69, 9.17) is 31.3 Å². The van der Waals surface area contributed by atoms with E-state index < -0.39 is 23.3 Å². The summed E-state index contributed by atoms with van der Waals surface area (Å²) in [4.78, 5) is 17.9. The summed E-state index contributed by atoms with van der Waals surface area (Å²) in [5.74, 6) is 0.291. The molecule has 1 aromatic heterocycles. The van der Waals surface area contributed by atoms with Crippen LogP contribution in [0.5, 0.6) is 0 Å². The van der Waals surface area contributed by atoms with Crippen molar-refractivity contribution in [3.8, 4) is 11.5 Å². The maximum Gasteiger partial charge on any atom is 0.259 e. The third-order valence-electron chi connectivity index (χ3n) is 7.60. The molecule has 1 aromatic carbocycles. The van der Waals surface area contributed by atoms with Crippen LogP contribution in [0.2, 0.25) is 5.02 Å². The second-order valence-corrected chi connectivity index (χ2v) is 10.2. The van der Waals surface area contributed by atoms with Crippen LogP contribution in [0.3, 0.4) is 0 Å². The van der Waals surface area contributed by atoms with Crippen LogP contribution in [-0.2, 0) is 19.9 Å². The molecule has 2 aromatic rings. The van der Waals surface area contributed by atoms with Gasteiger partial charge in [0.05, 0.1) is 29.8 Å². The minimum Gasteiger partial charge on any atom is -0.392 e. The number of hydrogen-bond donors (Lipinski definition) is 3. The Hall–Kier alpha value is -2.08. The summed E-state index contributed by atoms with van der Waals surface area (Å²) in [7, 11) is 1.63. The molecule has 10 nitrogen and oxygen atoms in total. The maximum atomic E-state index is 12.9. The Kier molecular flexibility index (Phi) is 8.33. The molecule has 4 rings (SSSR count). The van der Waals surface area contributed by atoms with Crippen LogP contribution in [-0.4, -0.2) is 82.8 Å². The molecular weight excluding hydrogens is 488 g/mol. The van der Waals surface area contributed by atoms with E-state index in [1.807, 2.05) is 0 Å². The Bertz CT molecular complexity index is 1040. The van der Waals surface area contributed by atoms with Crippen molar-refractivity contribution in [3.05, 3.63) is 34.6 Å². The summed E-state index contributed by atoms with van der Waals surface area (Å²) in [5.41, 5.74) is 4.22. The number of halogens is 1. The van der Waals surface area contributed by atoms with Crippen molar-refractivity contribution in [3.63, 3.8) is 0 Å². The van der Waals surface area contributed by atoms with Gasteiger partial charge in [-0.2, -0.15) is 4.98 Å². The highest BCUT2D eigenvalue weighted by Gasteiger charge is 2.61. The first-order valence-electron chi connectivity index (χ1n) is 12.3. The van der Waals surface area contributed by atoms with Gasteiger partial charge in [-0.25, -0.2) is 0 Å². The summed E-state index contributed by atoms with van der Waals surface area (Å²) in [6, 6.07) is 4.78. The van der Waals surface area contributed by atoms with Crippen LogP contribution < -0.4 is 5.73 Å². The van der Waals surface area contributed by atoms with Crippen molar-refractivity contribution in [2.24, 2.45) is 11.7 Å². The zero-order chi connectivity index (χ0) is 25.9. The molecule has 2 fully saturated rings. The maximum absolute atomic E-state index is 12.9. The summed E-state index contributed by atoms with van der Waals surface area (Å²) in [5, 5.41) is 27.7. The third kappa shape index (κ3) is 4.90. The second kappa shape index (κ2) is 11.1. The number of amides is 1. The summed E-state index contributed by atoms with van der Waals surface area (Å²) in [6.45, 7) is 3.00. The number of aliphatic hydroxyl groups is 2. The van der Waals surface area contributed by atoms with Gasteiger partial charge in [-0.15, -0.1) is 0 Å². The van der Waals surface area contributed by atoms with Crippen molar-refractivity contribution in [2.45, 2.75) is 62.4 Å². The minimum atomic E-state index is -1.64. The number of methoxy groups -OCH3 is 1. The molecule has 2 heterocycles. The number of hydrogen-bond acceptors (Lipinski definition) is 9. The molecule has 5 atom stereocenters. The van der Waals surface area contributed by atoms with Crippen molar-refractivity contribution in [1.29, 1.82) is 0 Å². The molecule has 1 saturated carbocycles. The van der Waals surface area contributed by atoms with Gasteiger partial charge in [0.15, 0.2) is 5.82 Å². The fourth-order valence-corrected chi connectivity index (χ4v) is 6.07. The molecule has 1 aliphatic heterocycles. The quantitative estimate of drug-likeness (QED) is 0.315. The zero-order valence-corrected chi connectivity index (χ0v) is 21.5. The average molecular weight is 523 g/mol. The molecule has 1 aliphatic carbocycles. The lowest BCUT2D eigenvalue weighted by Crippen LogP contribution is -2.66. The molecular formula is C25H35ClN4O6. The Labute approximate surface area is 215 Å². The Balaban J connectivity index is 1.91. The Morgan fingerprint density at radius 3 is 2.83 bits per heavy atom. The standard InChI is InChI=1S/C25H35ClN4O6/c1-16-28-23(36-29-16)22-18(6-5-7-19(22)26)24(33,8-3-4-10-34-2)25(14-30(15-31)9-11-35-25)17-12-20(27)21(32)13-17/h5-7,15,17,20-21,32-33H,3-4,8-14,27H2,1-2H3/t17-,20+,21-,24+,25-/m0/s1. The Morgan fingerprint density at radius 2 is 2.19 bits per heavy atom. The summed E-state index contributed by atoms with van der Waals surface area (Å²) >= 11 is 6.68. The van der Waals surface area contributed by atoms with Gasteiger partial charge in [0.25, 0.3) is 5.89 Å². The first-order valence-corrected chi connectivity index (χ1v) is 12.7. The van der Waals surface area contributed by atoms with Crippen molar-refractivity contribution < 1.29 is 29.0 Å². The number of aryl methyl sites for hydroxylation is 1. The van der Waals surface area contributed by atoms with Crippen LogP contribution in [0, 0.1) is 12.8 Å². The van der Waals surface area contributed by atoms with Gasteiger partial charge in [-0.05, 0) is 51.0 Å². The van der Waals surface area contributed by atoms with Gasteiger partial charge in [0.1, 0.15) is 11.2 Å². The fraction of sp³-hybridized carbons (Fsp3) is 0.640. The molecule has 1 saturated heterocycles. The number of nitrogens with two attached hydrogens (primary N) is 1. The highest BCUT2D eigenvalue weighted by Crippen LogP contribution is 2.53. The number of aromatic nitrogens is 2. The number of ether oxygens (including phenoxy) is 2. The van der Waals surface area contributed by atoms with Gasteiger partial charge >= 0.3 is 0 Å². The number of carbonyl (C=O) groups is 1. The third-order valence-corrected chi connectivity index (χ3v) is 7.91.